The number of hydrogen-bond donors (Lipinski definition) is 0. The molecule has 0 aliphatic carbocycles. The van der Waals surface area contributed by atoms with Crippen molar-refractivity contribution in [3.8, 4) is 11.3 Å². The second-order valence-corrected chi connectivity index (χ2v) is 9.55. The molecule has 1 aromatic heterocycles. The highest BCUT2D eigenvalue weighted by molar-refractivity contribution is 7.80. The lowest BCUT2D eigenvalue weighted by atomic mass is 10.0. The molecule has 0 atom stereocenters. The second-order valence-electron chi connectivity index (χ2n) is 8.37. The SMILES string of the molecule is S=C(c1ccc(-c2cccc(Cl)c2Cl)o1)N1CCN(c2ccc(Cc3ccccc3)cc2)CC1. The van der Waals surface area contributed by atoms with Crippen molar-refractivity contribution in [3.63, 3.8) is 0 Å². The van der Waals surface area contributed by atoms with Crippen molar-refractivity contribution in [3.05, 3.63) is 112 Å². The number of anilines is 1. The number of piperazine rings is 1. The zero-order valence-electron chi connectivity index (χ0n) is 18.6. The van der Waals surface area contributed by atoms with E-state index in [0.717, 1.165) is 43.2 Å². The van der Waals surface area contributed by atoms with E-state index in [9.17, 15) is 0 Å². The van der Waals surface area contributed by atoms with E-state index in [4.69, 9.17) is 39.8 Å². The summed E-state index contributed by atoms with van der Waals surface area (Å²) in [6.07, 6.45) is 0.953. The van der Waals surface area contributed by atoms with Crippen molar-refractivity contribution < 1.29 is 4.42 Å². The topological polar surface area (TPSA) is 19.6 Å². The maximum atomic E-state index is 6.35. The largest absolute Gasteiger partial charge is 0.454 e. The van der Waals surface area contributed by atoms with Crippen molar-refractivity contribution in [1.29, 1.82) is 0 Å². The van der Waals surface area contributed by atoms with Gasteiger partial charge in [-0.3, -0.25) is 0 Å². The average molecular weight is 507 g/mol. The Morgan fingerprint density at radius 3 is 2.21 bits per heavy atom. The van der Waals surface area contributed by atoms with Crippen LogP contribution in [0.4, 0.5) is 5.69 Å². The fourth-order valence-electron chi connectivity index (χ4n) is 4.27. The molecule has 34 heavy (non-hydrogen) atoms. The van der Waals surface area contributed by atoms with Crippen LogP contribution < -0.4 is 4.90 Å². The summed E-state index contributed by atoms with van der Waals surface area (Å²) in [6, 6.07) is 28.8. The van der Waals surface area contributed by atoms with Gasteiger partial charge < -0.3 is 14.2 Å². The van der Waals surface area contributed by atoms with Crippen molar-refractivity contribution in [2.45, 2.75) is 6.42 Å². The van der Waals surface area contributed by atoms with Crippen LogP contribution in [0.25, 0.3) is 11.3 Å². The van der Waals surface area contributed by atoms with Crippen molar-refractivity contribution >= 4 is 46.1 Å². The maximum Gasteiger partial charge on any atom is 0.162 e. The Balaban J connectivity index is 1.20. The number of hydrogen-bond acceptors (Lipinski definition) is 3. The summed E-state index contributed by atoms with van der Waals surface area (Å²) in [5.74, 6) is 1.35. The summed E-state index contributed by atoms with van der Waals surface area (Å²) in [7, 11) is 0. The third-order valence-electron chi connectivity index (χ3n) is 6.15. The number of benzene rings is 3. The third kappa shape index (κ3) is 5.00. The summed E-state index contributed by atoms with van der Waals surface area (Å²) in [4.78, 5) is 5.34. The molecule has 1 aliphatic heterocycles. The van der Waals surface area contributed by atoms with Gasteiger partial charge in [0.25, 0.3) is 0 Å². The first-order valence-electron chi connectivity index (χ1n) is 11.3. The van der Waals surface area contributed by atoms with Crippen LogP contribution in [0.15, 0.2) is 89.3 Å². The Kier molecular flexibility index (Phi) is 6.91. The number of thiocarbonyl (C=S) groups is 1. The normalized spacial score (nSPS) is 13.8. The first kappa shape index (κ1) is 23.0. The zero-order valence-corrected chi connectivity index (χ0v) is 20.9. The van der Waals surface area contributed by atoms with E-state index in [0.29, 0.717) is 21.6 Å². The minimum atomic E-state index is 0.486. The van der Waals surface area contributed by atoms with E-state index >= 15 is 0 Å². The van der Waals surface area contributed by atoms with Crippen molar-refractivity contribution in [1.82, 2.24) is 4.90 Å². The molecular formula is C28H24Cl2N2OS. The Morgan fingerprint density at radius 1 is 0.765 bits per heavy atom. The fourth-order valence-corrected chi connectivity index (χ4v) is 4.96. The van der Waals surface area contributed by atoms with E-state index in [1.165, 1.54) is 16.8 Å². The molecule has 3 aromatic carbocycles. The van der Waals surface area contributed by atoms with E-state index in [1.807, 2.05) is 24.3 Å². The molecule has 0 unspecified atom stereocenters. The molecule has 1 fully saturated rings. The van der Waals surface area contributed by atoms with Gasteiger partial charge in [0.2, 0.25) is 0 Å². The van der Waals surface area contributed by atoms with Crippen LogP contribution in [0.3, 0.4) is 0 Å². The average Bonchev–Trinajstić information content (AvgIpc) is 3.37. The van der Waals surface area contributed by atoms with Gasteiger partial charge in [-0.15, -0.1) is 0 Å². The minimum Gasteiger partial charge on any atom is -0.454 e. The number of furan rings is 1. The van der Waals surface area contributed by atoms with Crippen molar-refractivity contribution in [2.75, 3.05) is 31.1 Å². The quantitative estimate of drug-likeness (QED) is 0.263. The molecule has 2 heterocycles. The standard InChI is InChI=1S/C28H24Cl2N2OS/c29-24-8-4-7-23(27(24)30)25-13-14-26(33-25)28(34)32-17-15-31(16-18-32)22-11-9-21(10-12-22)19-20-5-2-1-3-6-20/h1-14H,15-19H2. The molecule has 172 valence electrons. The monoisotopic (exact) mass is 506 g/mol. The van der Waals surface area contributed by atoms with Gasteiger partial charge >= 0.3 is 0 Å². The first-order valence-corrected chi connectivity index (χ1v) is 12.5. The van der Waals surface area contributed by atoms with Crippen LogP contribution in [0.5, 0.6) is 0 Å². The molecule has 5 rings (SSSR count). The summed E-state index contributed by atoms with van der Waals surface area (Å²) >= 11 is 18.3. The Morgan fingerprint density at radius 2 is 1.47 bits per heavy atom. The van der Waals surface area contributed by atoms with Gasteiger partial charge in [0, 0.05) is 37.4 Å². The summed E-state index contributed by atoms with van der Waals surface area (Å²) < 4.78 is 6.05. The highest BCUT2D eigenvalue weighted by atomic mass is 35.5. The van der Waals surface area contributed by atoms with E-state index in [1.54, 1.807) is 6.07 Å². The number of nitrogens with zero attached hydrogens (tertiary/aromatic N) is 2. The molecule has 0 spiro atoms. The molecule has 0 N–H and O–H groups in total. The van der Waals surface area contributed by atoms with Crippen LogP contribution in [-0.4, -0.2) is 36.1 Å². The van der Waals surface area contributed by atoms with Gasteiger partial charge in [-0.25, -0.2) is 0 Å². The molecule has 0 amide bonds. The molecule has 6 heteroatoms. The summed E-state index contributed by atoms with van der Waals surface area (Å²) in [6.45, 7) is 3.51. The van der Waals surface area contributed by atoms with Crippen LogP contribution in [0.2, 0.25) is 10.0 Å². The predicted octanol–water partition coefficient (Wildman–Crippen LogP) is 7.34. The Hall–Kier alpha value is -2.79. The van der Waals surface area contributed by atoms with E-state index in [2.05, 4.69) is 64.4 Å². The first-order chi connectivity index (χ1) is 16.6. The lowest BCUT2D eigenvalue weighted by Crippen LogP contribution is -2.48. The third-order valence-corrected chi connectivity index (χ3v) is 7.43. The maximum absolute atomic E-state index is 6.35. The lowest BCUT2D eigenvalue weighted by molar-refractivity contribution is 0.385. The minimum absolute atomic E-state index is 0.486. The van der Waals surface area contributed by atoms with Gasteiger partial charge in [0.1, 0.15) is 10.7 Å². The molecular weight excluding hydrogens is 483 g/mol. The second kappa shape index (κ2) is 10.2. The van der Waals surface area contributed by atoms with Crippen LogP contribution >= 0.6 is 35.4 Å². The van der Waals surface area contributed by atoms with E-state index < -0.39 is 0 Å². The highest BCUT2D eigenvalue weighted by Gasteiger charge is 2.22. The van der Waals surface area contributed by atoms with Crippen LogP contribution in [0.1, 0.15) is 16.9 Å². The van der Waals surface area contributed by atoms with Gasteiger partial charge in [-0.1, -0.05) is 84.0 Å². The number of rotatable bonds is 5. The van der Waals surface area contributed by atoms with Gasteiger partial charge in [0.15, 0.2) is 5.76 Å². The smallest absolute Gasteiger partial charge is 0.162 e. The van der Waals surface area contributed by atoms with Gasteiger partial charge in [-0.2, -0.15) is 0 Å². The molecule has 0 saturated carbocycles. The molecule has 4 aromatic rings. The molecule has 0 bridgehead atoms. The van der Waals surface area contributed by atoms with Crippen molar-refractivity contribution in [2.24, 2.45) is 0 Å². The molecule has 1 saturated heterocycles. The van der Waals surface area contributed by atoms with Crippen LogP contribution in [0, 0.1) is 0 Å². The van der Waals surface area contributed by atoms with E-state index in [-0.39, 0.29) is 0 Å². The summed E-state index contributed by atoms with van der Waals surface area (Å²) in [5, 5.41) is 0.989. The van der Waals surface area contributed by atoms with Gasteiger partial charge in [-0.05, 0) is 53.9 Å². The highest BCUT2D eigenvalue weighted by Crippen LogP contribution is 2.34. The van der Waals surface area contributed by atoms with Gasteiger partial charge in [0.05, 0.1) is 10.0 Å². The molecule has 3 nitrogen and oxygen atoms in total. The predicted molar refractivity (Wildman–Crippen MR) is 145 cm³/mol. The molecule has 1 aliphatic rings. The number of halogens is 2. The summed E-state index contributed by atoms with van der Waals surface area (Å²) in [5.41, 5.74) is 4.67. The Bertz CT molecular complexity index is 1280. The lowest BCUT2D eigenvalue weighted by Gasteiger charge is -2.37. The Labute approximate surface area is 215 Å². The van der Waals surface area contributed by atoms with Crippen LogP contribution in [-0.2, 0) is 6.42 Å². The fraction of sp³-hybridized carbons (Fsp3) is 0.179. The zero-order chi connectivity index (χ0) is 23.5. The molecule has 0 radical (unpaired) electrons.